The summed E-state index contributed by atoms with van der Waals surface area (Å²) >= 11 is 0. The van der Waals surface area contributed by atoms with Crippen molar-refractivity contribution in [3.8, 4) is 5.75 Å². The molecule has 6 heteroatoms. The molecule has 0 radical (unpaired) electrons. The van der Waals surface area contributed by atoms with Crippen molar-refractivity contribution in [2.75, 3.05) is 6.61 Å². The van der Waals surface area contributed by atoms with Crippen molar-refractivity contribution in [1.29, 1.82) is 0 Å². The molecule has 1 amide bonds. The molecular formula is C20H20N2O4. The van der Waals surface area contributed by atoms with Gasteiger partial charge in [0.1, 0.15) is 5.75 Å². The summed E-state index contributed by atoms with van der Waals surface area (Å²) in [5, 5.41) is 9.93. The number of amides is 1. The number of hydroxylamine groups is 1. The number of nitrogens with zero attached hydrogens (tertiary/aromatic N) is 1. The van der Waals surface area contributed by atoms with E-state index in [1.807, 2.05) is 37.3 Å². The second-order valence-electron chi connectivity index (χ2n) is 6.02. The van der Waals surface area contributed by atoms with Gasteiger partial charge in [0, 0.05) is 23.7 Å². The highest BCUT2D eigenvalue weighted by Crippen LogP contribution is 2.16. The minimum atomic E-state index is -0.645. The molecule has 0 fully saturated rings. The van der Waals surface area contributed by atoms with E-state index in [1.165, 1.54) is 6.07 Å². The van der Waals surface area contributed by atoms with E-state index < -0.39 is 5.91 Å². The Kier molecular flexibility index (Phi) is 5.34. The topological polar surface area (TPSA) is 80.6 Å². The standard InChI is InChI=1S/C20H20N2O4/c1-14-5-2-3-6-18(14)26-12-4-10-22-11-9-15-7-8-16(19(23)21-25)13-17(15)20(22)24/h2-3,5-9,11,13,25H,4,10,12H2,1H3,(H,21,23). The zero-order valence-electron chi connectivity index (χ0n) is 14.4. The van der Waals surface area contributed by atoms with Crippen LogP contribution in [0, 0.1) is 6.92 Å². The number of ether oxygens (including phenoxy) is 1. The number of pyridine rings is 1. The van der Waals surface area contributed by atoms with Crippen molar-refractivity contribution >= 4 is 16.7 Å². The Morgan fingerprint density at radius 2 is 2.00 bits per heavy atom. The highest BCUT2D eigenvalue weighted by atomic mass is 16.5. The third-order valence-electron chi connectivity index (χ3n) is 4.24. The van der Waals surface area contributed by atoms with Crippen LogP contribution in [0.4, 0.5) is 0 Å². The van der Waals surface area contributed by atoms with Gasteiger partial charge in [-0.3, -0.25) is 14.8 Å². The fourth-order valence-electron chi connectivity index (χ4n) is 2.80. The molecule has 0 spiro atoms. The molecule has 1 heterocycles. The summed E-state index contributed by atoms with van der Waals surface area (Å²) in [6.45, 7) is 3.00. The van der Waals surface area contributed by atoms with Gasteiger partial charge in [-0.1, -0.05) is 24.3 Å². The van der Waals surface area contributed by atoms with E-state index in [-0.39, 0.29) is 11.1 Å². The number of carbonyl (C=O) groups excluding carboxylic acids is 1. The SMILES string of the molecule is Cc1ccccc1OCCCn1ccc2ccc(C(=O)NO)cc2c1=O. The van der Waals surface area contributed by atoms with Crippen LogP contribution in [0.2, 0.25) is 0 Å². The van der Waals surface area contributed by atoms with Crippen LogP contribution in [-0.2, 0) is 6.54 Å². The molecule has 134 valence electrons. The molecule has 1 aromatic heterocycles. The zero-order valence-corrected chi connectivity index (χ0v) is 14.4. The number of para-hydroxylation sites is 1. The second-order valence-corrected chi connectivity index (χ2v) is 6.02. The molecule has 0 aliphatic carbocycles. The Balaban J connectivity index is 1.72. The Morgan fingerprint density at radius 1 is 1.19 bits per heavy atom. The fraction of sp³-hybridized carbons (Fsp3) is 0.200. The Morgan fingerprint density at radius 3 is 2.77 bits per heavy atom. The molecule has 0 bridgehead atoms. The summed E-state index contributed by atoms with van der Waals surface area (Å²) < 4.78 is 7.36. The van der Waals surface area contributed by atoms with Crippen LogP contribution in [0.1, 0.15) is 22.3 Å². The number of aryl methyl sites for hydroxylation is 2. The van der Waals surface area contributed by atoms with E-state index in [1.54, 1.807) is 28.4 Å². The molecule has 0 atom stereocenters. The Labute approximate surface area is 150 Å². The molecule has 3 rings (SSSR count). The van der Waals surface area contributed by atoms with Crippen LogP contribution in [0.25, 0.3) is 10.8 Å². The van der Waals surface area contributed by atoms with Gasteiger partial charge in [0.15, 0.2) is 0 Å². The molecule has 0 aliphatic heterocycles. The van der Waals surface area contributed by atoms with E-state index in [9.17, 15) is 9.59 Å². The summed E-state index contributed by atoms with van der Waals surface area (Å²) in [5.41, 5.74) is 2.71. The quantitative estimate of drug-likeness (QED) is 0.406. The number of benzene rings is 2. The van der Waals surface area contributed by atoms with Gasteiger partial charge in [-0.25, -0.2) is 5.48 Å². The molecule has 26 heavy (non-hydrogen) atoms. The molecule has 2 N–H and O–H groups in total. The molecule has 2 aromatic carbocycles. The first-order valence-corrected chi connectivity index (χ1v) is 8.36. The molecule has 0 unspecified atom stereocenters. The highest BCUT2D eigenvalue weighted by molar-refractivity contribution is 5.97. The van der Waals surface area contributed by atoms with Gasteiger partial charge < -0.3 is 9.30 Å². The minimum Gasteiger partial charge on any atom is -0.493 e. The summed E-state index contributed by atoms with van der Waals surface area (Å²) in [7, 11) is 0. The predicted octanol–water partition coefficient (Wildman–Crippen LogP) is 2.90. The van der Waals surface area contributed by atoms with E-state index in [2.05, 4.69) is 0 Å². The lowest BCUT2D eigenvalue weighted by Gasteiger charge is -2.10. The van der Waals surface area contributed by atoms with E-state index >= 15 is 0 Å². The van der Waals surface area contributed by atoms with Gasteiger partial charge >= 0.3 is 0 Å². The smallest absolute Gasteiger partial charge is 0.274 e. The van der Waals surface area contributed by atoms with Crippen molar-refractivity contribution < 1.29 is 14.7 Å². The largest absolute Gasteiger partial charge is 0.493 e. The normalized spacial score (nSPS) is 10.7. The van der Waals surface area contributed by atoms with Gasteiger partial charge in [-0.15, -0.1) is 0 Å². The van der Waals surface area contributed by atoms with E-state index in [0.29, 0.717) is 25.0 Å². The number of hydrogen-bond donors (Lipinski definition) is 2. The maximum absolute atomic E-state index is 12.6. The Hall–Kier alpha value is -3.12. The maximum Gasteiger partial charge on any atom is 0.274 e. The maximum atomic E-state index is 12.6. The summed E-state index contributed by atoms with van der Waals surface area (Å²) in [6, 6.07) is 14.4. The lowest BCUT2D eigenvalue weighted by Crippen LogP contribution is -2.22. The second kappa shape index (κ2) is 7.84. The summed E-state index contributed by atoms with van der Waals surface area (Å²) in [4.78, 5) is 24.2. The van der Waals surface area contributed by atoms with Crippen molar-refractivity contribution in [1.82, 2.24) is 10.0 Å². The third-order valence-corrected chi connectivity index (χ3v) is 4.24. The molecule has 0 saturated carbocycles. The fourth-order valence-corrected chi connectivity index (χ4v) is 2.80. The van der Waals surface area contributed by atoms with Crippen LogP contribution < -0.4 is 15.8 Å². The van der Waals surface area contributed by atoms with E-state index in [0.717, 1.165) is 16.7 Å². The third kappa shape index (κ3) is 3.75. The van der Waals surface area contributed by atoms with Crippen molar-refractivity contribution in [3.63, 3.8) is 0 Å². The lowest BCUT2D eigenvalue weighted by molar-refractivity contribution is 0.0706. The first-order valence-electron chi connectivity index (χ1n) is 8.36. The lowest BCUT2D eigenvalue weighted by atomic mass is 10.1. The van der Waals surface area contributed by atoms with Crippen LogP contribution in [0.15, 0.2) is 59.5 Å². The average Bonchev–Trinajstić information content (AvgIpc) is 2.67. The minimum absolute atomic E-state index is 0.175. The molecule has 0 saturated heterocycles. The zero-order chi connectivity index (χ0) is 18.5. The number of hydrogen-bond acceptors (Lipinski definition) is 4. The van der Waals surface area contributed by atoms with Crippen LogP contribution in [0.5, 0.6) is 5.75 Å². The van der Waals surface area contributed by atoms with Gasteiger partial charge in [-0.05, 0) is 48.6 Å². The van der Waals surface area contributed by atoms with Crippen LogP contribution >= 0.6 is 0 Å². The number of aromatic nitrogens is 1. The molecule has 3 aromatic rings. The molecular weight excluding hydrogens is 332 g/mol. The number of fused-ring (bicyclic) bond motifs is 1. The first-order chi connectivity index (χ1) is 12.6. The summed E-state index contributed by atoms with van der Waals surface area (Å²) in [6.07, 6.45) is 2.42. The van der Waals surface area contributed by atoms with Crippen molar-refractivity contribution in [2.24, 2.45) is 0 Å². The van der Waals surface area contributed by atoms with Crippen molar-refractivity contribution in [2.45, 2.75) is 19.9 Å². The van der Waals surface area contributed by atoms with Crippen LogP contribution in [0.3, 0.4) is 0 Å². The van der Waals surface area contributed by atoms with Gasteiger partial charge in [0.25, 0.3) is 11.5 Å². The number of rotatable bonds is 6. The predicted molar refractivity (Wildman–Crippen MR) is 98.8 cm³/mol. The number of nitrogens with one attached hydrogen (secondary N) is 1. The average molecular weight is 352 g/mol. The van der Waals surface area contributed by atoms with Crippen LogP contribution in [-0.4, -0.2) is 22.3 Å². The van der Waals surface area contributed by atoms with E-state index in [4.69, 9.17) is 9.94 Å². The number of carbonyl (C=O) groups is 1. The molecule has 6 nitrogen and oxygen atoms in total. The monoisotopic (exact) mass is 352 g/mol. The molecule has 0 aliphatic rings. The van der Waals surface area contributed by atoms with Gasteiger partial charge in [0.2, 0.25) is 0 Å². The highest BCUT2D eigenvalue weighted by Gasteiger charge is 2.08. The summed E-state index contributed by atoms with van der Waals surface area (Å²) in [5.74, 6) is 0.200. The van der Waals surface area contributed by atoms with Gasteiger partial charge in [-0.2, -0.15) is 0 Å². The first kappa shape index (κ1) is 17.7. The Bertz CT molecular complexity index is 995. The van der Waals surface area contributed by atoms with Gasteiger partial charge in [0.05, 0.1) is 6.61 Å². The van der Waals surface area contributed by atoms with Crippen molar-refractivity contribution in [3.05, 3.63) is 76.2 Å².